The summed E-state index contributed by atoms with van der Waals surface area (Å²) in [4.78, 5) is 25.2. The predicted molar refractivity (Wildman–Crippen MR) is 67.5 cm³/mol. The molecule has 1 atom stereocenters. The second-order valence-corrected chi connectivity index (χ2v) is 5.23. The molecule has 1 N–H and O–H groups in total. The highest BCUT2D eigenvalue weighted by molar-refractivity contribution is 5.85. The molecule has 1 unspecified atom stereocenters. The Labute approximate surface area is 104 Å². The van der Waals surface area contributed by atoms with Crippen LogP contribution >= 0.6 is 0 Å². The van der Waals surface area contributed by atoms with Crippen molar-refractivity contribution in [2.75, 3.05) is 13.1 Å². The van der Waals surface area contributed by atoms with Gasteiger partial charge in [0.1, 0.15) is 0 Å². The van der Waals surface area contributed by atoms with Gasteiger partial charge in [-0.3, -0.25) is 9.59 Å². The predicted octanol–water partition coefficient (Wildman–Crippen LogP) is 1.55. The van der Waals surface area contributed by atoms with Crippen LogP contribution in [0.15, 0.2) is 0 Å². The van der Waals surface area contributed by atoms with Crippen LogP contribution in [0, 0.1) is 5.92 Å². The van der Waals surface area contributed by atoms with Crippen LogP contribution in [0.25, 0.3) is 0 Å². The third-order valence-electron chi connectivity index (χ3n) is 3.39. The molecule has 98 valence electrons. The molecule has 1 fully saturated rings. The Balaban J connectivity index is 2.41. The molecule has 0 aliphatic carbocycles. The second-order valence-electron chi connectivity index (χ2n) is 5.23. The second kappa shape index (κ2) is 6.62. The molecule has 0 saturated carbocycles. The highest BCUT2D eigenvalue weighted by Crippen LogP contribution is 2.10. The topological polar surface area (TPSA) is 49.4 Å². The van der Waals surface area contributed by atoms with E-state index in [9.17, 15) is 9.59 Å². The smallest absolute Gasteiger partial charge is 0.239 e. The van der Waals surface area contributed by atoms with E-state index in [2.05, 4.69) is 19.2 Å². The molecule has 0 radical (unpaired) electrons. The molecule has 0 aromatic carbocycles. The van der Waals surface area contributed by atoms with Crippen LogP contribution in [0.3, 0.4) is 0 Å². The summed E-state index contributed by atoms with van der Waals surface area (Å²) in [7, 11) is 0. The lowest BCUT2D eigenvalue weighted by molar-refractivity contribution is -0.135. The van der Waals surface area contributed by atoms with Gasteiger partial charge in [0.25, 0.3) is 0 Å². The SMILES string of the molecule is CC(C)C(C)NC(=O)CN1CCCCCC1=O. The Morgan fingerprint density at radius 1 is 1.29 bits per heavy atom. The molecular weight excluding hydrogens is 216 g/mol. The number of likely N-dealkylation sites (tertiary alicyclic amines) is 1. The Hall–Kier alpha value is -1.06. The molecule has 1 aliphatic heterocycles. The summed E-state index contributed by atoms with van der Waals surface area (Å²) < 4.78 is 0. The molecule has 0 spiro atoms. The summed E-state index contributed by atoms with van der Waals surface area (Å²) in [5.41, 5.74) is 0. The Morgan fingerprint density at radius 3 is 2.65 bits per heavy atom. The average Bonchev–Trinajstić information content (AvgIpc) is 2.44. The number of nitrogens with one attached hydrogen (secondary N) is 1. The zero-order valence-corrected chi connectivity index (χ0v) is 11.2. The van der Waals surface area contributed by atoms with Crippen molar-refractivity contribution in [3.8, 4) is 0 Å². The first-order valence-corrected chi connectivity index (χ1v) is 6.58. The van der Waals surface area contributed by atoms with Gasteiger partial charge in [-0.1, -0.05) is 20.3 Å². The van der Waals surface area contributed by atoms with Crippen molar-refractivity contribution in [3.63, 3.8) is 0 Å². The van der Waals surface area contributed by atoms with Gasteiger partial charge in [-0.2, -0.15) is 0 Å². The number of rotatable bonds is 4. The van der Waals surface area contributed by atoms with Crippen molar-refractivity contribution >= 4 is 11.8 Å². The number of hydrogen-bond donors (Lipinski definition) is 1. The van der Waals surface area contributed by atoms with Gasteiger partial charge >= 0.3 is 0 Å². The van der Waals surface area contributed by atoms with Crippen LogP contribution in [-0.4, -0.2) is 35.8 Å². The molecule has 1 saturated heterocycles. The summed E-state index contributed by atoms with van der Waals surface area (Å²) in [5, 5.41) is 2.93. The van der Waals surface area contributed by atoms with E-state index in [1.165, 1.54) is 0 Å². The number of amides is 2. The lowest BCUT2D eigenvalue weighted by Gasteiger charge is -2.23. The molecule has 2 amide bonds. The maximum atomic E-state index is 11.8. The van der Waals surface area contributed by atoms with Gasteiger partial charge in [0, 0.05) is 19.0 Å². The third kappa shape index (κ3) is 4.75. The van der Waals surface area contributed by atoms with Gasteiger partial charge in [-0.05, 0) is 25.7 Å². The Morgan fingerprint density at radius 2 is 2.00 bits per heavy atom. The fourth-order valence-corrected chi connectivity index (χ4v) is 1.85. The first kappa shape index (κ1) is 14.0. The maximum absolute atomic E-state index is 11.8. The highest BCUT2D eigenvalue weighted by atomic mass is 16.2. The lowest BCUT2D eigenvalue weighted by atomic mass is 10.1. The largest absolute Gasteiger partial charge is 0.352 e. The highest BCUT2D eigenvalue weighted by Gasteiger charge is 2.20. The number of carbonyl (C=O) groups is 2. The minimum Gasteiger partial charge on any atom is -0.352 e. The van der Waals surface area contributed by atoms with Crippen LogP contribution in [0.5, 0.6) is 0 Å². The maximum Gasteiger partial charge on any atom is 0.239 e. The molecule has 1 rings (SSSR count). The number of carbonyl (C=O) groups excluding carboxylic acids is 2. The summed E-state index contributed by atoms with van der Waals surface area (Å²) in [5.74, 6) is 0.495. The first-order chi connectivity index (χ1) is 8.00. The first-order valence-electron chi connectivity index (χ1n) is 6.58. The van der Waals surface area contributed by atoms with Crippen molar-refractivity contribution in [3.05, 3.63) is 0 Å². The van der Waals surface area contributed by atoms with Gasteiger partial charge in [-0.25, -0.2) is 0 Å². The minimum absolute atomic E-state index is 0.0403. The average molecular weight is 240 g/mol. The minimum atomic E-state index is -0.0403. The van der Waals surface area contributed by atoms with Gasteiger partial charge in [0.05, 0.1) is 6.54 Å². The van der Waals surface area contributed by atoms with Crippen molar-refractivity contribution in [2.45, 2.75) is 52.5 Å². The van der Waals surface area contributed by atoms with Crippen LogP contribution in [0.4, 0.5) is 0 Å². The monoisotopic (exact) mass is 240 g/mol. The number of hydrogen-bond acceptors (Lipinski definition) is 2. The molecule has 4 nitrogen and oxygen atoms in total. The van der Waals surface area contributed by atoms with E-state index in [0.717, 1.165) is 25.8 Å². The summed E-state index contributed by atoms with van der Waals surface area (Å²) in [6.07, 6.45) is 3.65. The number of nitrogens with zero attached hydrogens (tertiary/aromatic N) is 1. The van der Waals surface area contributed by atoms with E-state index in [-0.39, 0.29) is 24.4 Å². The molecule has 4 heteroatoms. The summed E-state index contributed by atoms with van der Waals surface area (Å²) in [6, 6.07) is 0.157. The normalized spacial score (nSPS) is 19.1. The third-order valence-corrected chi connectivity index (χ3v) is 3.39. The fourth-order valence-electron chi connectivity index (χ4n) is 1.85. The Kier molecular flexibility index (Phi) is 5.45. The van der Waals surface area contributed by atoms with Crippen molar-refractivity contribution in [1.29, 1.82) is 0 Å². The van der Waals surface area contributed by atoms with Gasteiger partial charge < -0.3 is 10.2 Å². The van der Waals surface area contributed by atoms with Crippen molar-refractivity contribution < 1.29 is 9.59 Å². The van der Waals surface area contributed by atoms with Crippen molar-refractivity contribution in [1.82, 2.24) is 10.2 Å². The van der Waals surface area contributed by atoms with E-state index in [0.29, 0.717) is 12.3 Å². The molecule has 0 aromatic heterocycles. The van der Waals surface area contributed by atoms with Crippen LogP contribution in [-0.2, 0) is 9.59 Å². The lowest BCUT2D eigenvalue weighted by Crippen LogP contribution is -2.44. The van der Waals surface area contributed by atoms with E-state index in [4.69, 9.17) is 0 Å². The van der Waals surface area contributed by atoms with Gasteiger partial charge in [-0.15, -0.1) is 0 Å². The standard InChI is InChI=1S/C13H24N2O2/c1-10(2)11(3)14-12(16)9-15-8-6-4-5-7-13(15)17/h10-11H,4-9H2,1-3H3,(H,14,16). The fraction of sp³-hybridized carbons (Fsp3) is 0.846. The van der Waals surface area contributed by atoms with E-state index in [1.807, 2.05) is 6.92 Å². The molecule has 1 aliphatic rings. The van der Waals surface area contributed by atoms with Crippen molar-refractivity contribution in [2.24, 2.45) is 5.92 Å². The van der Waals surface area contributed by atoms with Gasteiger partial charge in [0.15, 0.2) is 0 Å². The zero-order chi connectivity index (χ0) is 12.8. The Bertz CT molecular complexity index is 277. The summed E-state index contributed by atoms with van der Waals surface area (Å²) in [6.45, 7) is 7.08. The van der Waals surface area contributed by atoms with Crippen LogP contribution in [0.2, 0.25) is 0 Å². The van der Waals surface area contributed by atoms with E-state index < -0.39 is 0 Å². The molecule has 0 aromatic rings. The van der Waals surface area contributed by atoms with E-state index in [1.54, 1.807) is 4.90 Å². The van der Waals surface area contributed by atoms with Gasteiger partial charge in [0.2, 0.25) is 11.8 Å². The summed E-state index contributed by atoms with van der Waals surface area (Å²) >= 11 is 0. The zero-order valence-electron chi connectivity index (χ0n) is 11.2. The molecule has 17 heavy (non-hydrogen) atoms. The van der Waals surface area contributed by atoms with E-state index >= 15 is 0 Å². The quantitative estimate of drug-likeness (QED) is 0.810. The molecule has 1 heterocycles. The van der Waals surface area contributed by atoms with Crippen LogP contribution in [0.1, 0.15) is 46.5 Å². The molecule has 0 bridgehead atoms. The molecular formula is C13H24N2O2. The van der Waals surface area contributed by atoms with Crippen LogP contribution < -0.4 is 5.32 Å².